The van der Waals surface area contributed by atoms with Crippen LogP contribution in [-0.2, 0) is 4.79 Å². The normalized spacial score (nSPS) is 13.9. The van der Waals surface area contributed by atoms with Gasteiger partial charge in [0.25, 0.3) is 0 Å². The summed E-state index contributed by atoms with van der Waals surface area (Å²) in [7, 11) is 0. The van der Waals surface area contributed by atoms with Gasteiger partial charge in [-0.1, -0.05) is 0 Å². The summed E-state index contributed by atoms with van der Waals surface area (Å²) in [5, 5.41) is 18.3. The van der Waals surface area contributed by atoms with Crippen molar-refractivity contribution < 1.29 is 4.79 Å². The van der Waals surface area contributed by atoms with Crippen molar-refractivity contribution in [2.24, 2.45) is 5.92 Å². The molecule has 0 atom stereocenters. The highest BCUT2D eigenvalue weighted by atomic mass is 16.1. The standard InChI is InChI=1S/C14H18N6O/c21-14(10-11-2-3-11)16-8-7-15-12-4-5-13(19-18-12)20-9-1-6-17-20/h1,4-6,9,11H,2-3,7-8,10H2,(H,15,18)(H,16,21). The Balaban J connectivity index is 1.40. The molecule has 110 valence electrons. The lowest BCUT2D eigenvalue weighted by atomic mass is 10.3. The van der Waals surface area contributed by atoms with Crippen LogP contribution in [0.25, 0.3) is 5.82 Å². The van der Waals surface area contributed by atoms with E-state index in [1.165, 1.54) is 12.8 Å². The van der Waals surface area contributed by atoms with Gasteiger partial charge < -0.3 is 10.6 Å². The molecule has 21 heavy (non-hydrogen) atoms. The first-order chi connectivity index (χ1) is 10.3. The Morgan fingerprint density at radius 2 is 2.19 bits per heavy atom. The van der Waals surface area contributed by atoms with Crippen molar-refractivity contribution in [1.29, 1.82) is 0 Å². The number of carbonyl (C=O) groups is 1. The topological polar surface area (TPSA) is 84.7 Å². The van der Waals surface area contributed by atoms with E-state index in [9.17, 15) is 4.79 Å². The summed E-state index contributed by atoms with van der Waals surface area (Å²) < 4.78 is 1.65. The van der Waals surface area contributed by atoms with E-state index in [4.69, 9.17) is 0 Å². The molecule has 0 radical (unpaired) electrons. The Bertz CT molecular complexity index is 576. The molecule has 0 saturated heterocycles. The number of anilines is 1. The average molecular weight is 286 g/mol. The molecule has 7 nitrogen and oxygen atoms in total. The van der Waals surface area contributed by atoms with Gasteiger partial charge in [-0.05, 0) is 37.0 Å². The first-order valence-electron chi connectivity index (χ1n) is 7.15. The predicted octanol–water partition coefficient (Wildman–Crippen LogP) is 0.990. The largest absolute Gasteiger partial charge is 0.367 e. The van der Waals surface area contributed by atoms with Crippen LogP contribution in [0, 0.1) is 5.92 Å². The van der Waals surface area contributed by atoms with E-state index in [1.807, 2.05) is 24.4 Å². The summed E-state index contributed by atoms with van der Waals surface area (Å²) >= 11 is 0. The second-order valence-corrected chi connectivity index (χ2v) is 5.15. The van der Waals surface area contributed by atoms with Crippen LogP contribution >= 0.6 is 0 Å². The second kappa shape index (κ2) is 6.34. The average Bonchev–Trinajstić information content (AvgIpc) is 3.14. The number of amides is 1. The maximum Gasteiger partial charge on any atom is 0.220 e. The molecule has 1 aliphatic rings. The third-order valence-electron chi connectivity index (χ3n) is 3.31. The Labute approximate surface area is 122 Å². The van der Waals surface area contributed by atoms with Crippen molar-refractivity contribution in [3.8, 4) is 5.82 Å². The van der Waals surface area contributed by atoms with E-state index in [2.05, 4.69) is 25.9 Å². The van der Waals surface area contributed by atoms with Gasteiger partial charge in [-0.2, -0.15) is 5.10 Å². The maximum atomic E-state index is 11.5. The number of rotatable bonds is 7. The summed E-state index contributed by atoms with van der Waals surface area (Å²) in [6.45, 7) is 1.22. The molecule has 0 spiro atoms. The number of carbonyl (C=O) groups excluding carboxylic acids is 1. The summed E-state index contributed by atoms with van der Waals surface area (Å²) in [6.07, 6.45) is 6.57. The molecule has 2 aromatic rings. The van der Waals surface area contributed by atoms with Gasteiger partial charge in [0.1, 0.15) is 5.82 Å². The van der Waals surface area contributed by atoms with Crippen LogP contribution in [-0.4, -0.2) is 39.0 Å². The van der Waals surface area contributed by atoms with Crippen LogP contribution in [0.1, 0.15) is 19.3 Å². The fourth-order valence-electron chi connectivity index (χ4n) is 1.99. The fraction of sp³-hybridized carbons (Fsp3) is 0.429. The second-order valence-electron chi connectivity index (χ2n) is 5.15. The molecule has 3 rings (SSSR count). The van der Waals surface area contributed by atoms with Gasteiger partial charge in [0.05, 0.1) is 0 Å². The number of hydrogen-bond acceptors (Lipinski definition) is 5. The number of hydrogen-bond donors (Lipinski definition) is 2. The van der Waals surface area contributed by atoms with Gasteiger partial charge in [-0.25, -0.2) is 4.68 Å². The highest BCUT2D eigenvalue weighted by molar-refractivity contribution is 5.76. The first-order valence-corrected chi connectivity index (χ1v) is 7.15. The van der Waals surface area contributed by atoms with Crippen molar-refractivity contribution in [1.82, 2.24) is 25.3 Å². The summed E-state index contributed by atoms with van der Waals surface area (Å²) in [4.78, 5) is 11.5. The molecule has 7 heteroatoms. The minimum absolute atomic E-state index is 0.138. The summed E-state index contributed by atoms with van der Waals surface area (Å²) in [6, 6.07) is 5.52. The van der Waals surface area contributed by atoms with E-state index >= 15 is 0 Å². The van der Waals surface area contributed by atoms with Gasteiger partial charge in [0, 0.05) is 31.9 Å². The molecule has 0 bridgehead atoms. The minimum Gasteiger partial charge on any atom is -0.367 e. The zero-order valence-corrected chi connectivity index (χ0v) is 11.7. The van der Waals surface area contributed by atoms with Gasteiger partial charge in [0.2, 0.25) is 5.91 Å². The van der Waals surface area contributed by atoms with E-state index in [-0.39, 0.29) is 5.91 Å². The van der Waals surface area contributed by atoms with Crippen LogP contribution in [0.3, 0.4) is 0 Å². The molecule has 1 aliphatic carbocycles. The third-order valence-corrected chi connectivity index (χ3v) is 3.31. The highest BCUT2D eigenvalue weighted by Crippen LogP contribution is 2.31. The molecular formula is C14H18N6O. The number of nitrogens with one attached hydrogen (secondary N) is 2. The number of nitrogens with zero attached hydrogens (tertiary/aromatic N) is 4. The van der Waals surface area contributed by atoms with E-state index in [0.29, 0.717) is 37.1 Å². The van der Waals surface area contributed by atoms with Crippen molar-refractivity contribution in [2.75, 3.05) is 18.4 Å². The van der Waals surface area contributed by atoms with Crippen molar-refractivity contribution >= 4 is 11.7 Å². The molecule has 2 heterocycles. The van der Waals surface area contributed by atoms with Gasteiger partial charge in [-0.3, -0.25) is 4.79 Å². The van der Waals surface area contributed by atoms with Crippen LogP contribution in [0.5, 0.6) is 0 Å². The molecule has 0 aliphatic heterocycles. The minimum atomic E-state index is 0.138. The SMILES string of the molecule is O=C(CC1CC1)NCCNc1ccc(-n2cccn2)nn1. The third kappa shape index (κ3) is 4.01. The Hall–Kier alpha value is -2.44. The van der Waals surface area contributed by atoms with Crippen molar-refractivity contribution in [3.63, 3.8) is 0 Å². The van der Waals surface area contributed by atoms with Crippen LogP contribution in [0.15, 0.2) is 30.6 Å². The van der Waals surface area contributed by atoms with Crippen molar-refractivity contribution in [3.05, 3.63) is 30.6 Å². The monoisotopic (exact) mass is 286 g/mol. The molecule has 0 aromatic carbocycles. The lowest BCUT2D eigenvalue weighted by Gasteiger charge is -2.07. The fourth-order valence-corrected chi connectivity index (χ4v) is 1.99. The first kappa shape index (κ1) is 13.5. The molecule has 1 amide bonds. The van der Waals surface area contributed by atoms with Gasteiger partial charge >= 0.3 is 0 Å². The lowest BCUT2D eigenvalue weighted by Crippen LogP contribution is -2.29. The molecule has 1 fully saturated rings. The van der Waals surface area contributed by atoms with Crippen molar-refractivity contribution in [2.45, 2.75) is 19.3 Å². The van der Waals surface area contributed by atoms with Gasteiger partial charge in [0.15, 0.2) is 5.82 Å². The zero-order chi connectivity index (χ0) is 14.5. The molecular weight excluding hydrogens is 268 g/mol. The maximum absolute atomic E-state index is 11.5. The highest BCUT2D eigenvalue weighted by Gasteiger charge is 2.23. The summed E-state index contributed by atoms with van der Waals surface area (Å²) in [5.74, 6) is 2.11. The predicted molar refractivity (Wildman–Crippen MR) is 78.0 cm³/mol. The van der Waals surface area contributed by atoms with E-state index < -0.39 is 0 Å². The Morgan fingerprint density at radius 1 is 1.29 bits per heavy atom. The number of aromatic nitrogens is 4. The van der Waals surface area contributed by atoms with E-state index in [0.717, 1.165) is 0 Å². The zero-order valence-electron chi connectivity index (χ0n) is 11.7. The lowest BCUT2D eigenvalue weighted by molar-refractivity contribution is -0.121. The van der Waals surface area contributed by atoms with Gasteiger partial charge in [-0.15, -0.1) is 10.2 Å². The van der Waals surface area contributed by atoms with Crippen LogP contribution in [0.4, 0.5) is 5.82 Å². The Morgan fingerprint density at radius 3 is 2.86 bits per heavy atom. The van der Waals surface area contributed by atoms with E-state index in [1.54, 1.807) is 10.9 Å². The summed E-state index contributed by atoms with van der Waals surface area (Å²) in [5.41, 5.74) is 0. The van der Waals surface area contributed by atoms with Crippen LogP contribution in [0.2, 0.25) is 0 Å². The molecule has 1 saturated carbocycles. The Kier molecular flexibility index (Phi) is 4.09. The molecule has 2 aromatic heterocycles. The van der Waals surface area contributed by atoms with Crippen LogP contribution < -0.4 is 10.6 Å². The molecule has 0 unspecified atom stereocenters. The quantitative estimate of drug-likeness (QED) is 0.741. The molecule has 2 N–H and O–H groups in total. The smallest absolute Gasteiger partial charge is 0.220 e.